The third-order valence-corrected chi connectivity index (χ3v) is 13.9. The van der Waals surface area contributed by atoms with E-state index in [1.165, 1.54) is 66.0 Å². The van der Waals surface area contributed by atoms with Gasteiger partial charge >= 0.3 is 0 Å². The van der Waals surface area contributed by atoms with Gasteiger partial charge in [-0.2, -0.15) is 0 Å². The minimum Gasteiger partial charge on any atom is -0.310 e. The zero-order valence-electron chi connectivity index (χ0n) is 43.2. The normalized spacial score (nSPS) is 15.7. The Kier molecular flexibility index (Phi) is 15.6. The van der Waals surface area contributed by atoms with Gasteiger partial charge in [-0.1, -0.05) is 174 Å². The highest BCUT2D eigenvalue weighted by molar-refractivity contribution is 6.02. The summed E-state index contributed by atoms with van der Waals surface area (Å²) in [6, 6.07) is 37.7. The molecular weight excluding hydrogens is 859 g/mol. The van der Waals surface area contributed by atoms with Crippen molar-refractivity contribution in [2.75, 3.05) is 4.90 Å². The lowest BCUT2D eigenvalue weighted by Crippen LogP contribution is -2.35. The topological polar surface area (TPSA) is 20.5 Å². The van der Waals surface area contributed by atoms with Crippen LogP contribution < -0.4 is 15.5 Å². The SMILES string of the molecule is C=C/C(C)=C(\C=C)N(C1=CC=C(C)CC=C1)c1ccc(-c2ccc3c(c2)c2c(n3-c3cccc(C(C)=Nc4ccccc4C(=C)c4cccc5c4C=CCC5)c3)=CCC3C=CC=CC=23)cc1C.CC.CC. The number of rotatable bonds is 11. The molecule has 5 aromatic carbocycles. The summed E-state index contributed by atoms with van der Waals surface area (Å²) in [5, 5.41) is 3.80. The minimum atomic E-state index is 0.345. The van der Waals surface area contributed by atoms with Crippen molar-refractivity contribution in [3.8, 4) is 16.8 Å². The molecule has 0 saturated carbocycles. The van der Waals surface area contributed by atoms with Gasteiger partial charge in [-0.25, -0.2) is 0 Å². The Labute approximate surface area is 423 Å². The highest BCUT2D eigenvalue weighted by Crippen LogP contribution is 2.38. The molecule has 1 aromatic heterocycles. The first-order valence-corrected chi connectivity index (χ1v) is 25.6. The number of fused-ring (bicyclic) bond motifs is 5. The zero-order chi connectivity index (χ0) is 50.2. The van der Waals surface area contributed by atoms with Crippen LogP contribution in [0.15, 0.2) is 217 Å². The smallest absolute Gasteiger partial charge is 0.0711 e. The summed E-state index contributed by atoms with van der Waals surface area (Å²) in [5.74, 6) is 0.345. The van der Waals surface area contributed by atoms with Gasteiger partial charge in [-0.15, -0.1) is 0 Å². The van der Waals surface area contributed by atoms with E-state index in [0.29, 0.717) is 5.92 Å². The Morgan fingerprint density at radius 2 is 1.54 bits per heavy atom. The van der Waals surface area contributed by atoms with Crippen LogP contribution in [-0.2, 0) is 6.42 Å². The van der Waals surface area contributed by atoms with Crippen molar-refractivity contribution in [3.63, 3.8) is 0 Å². The van der Waals surface area contributed by atoms with E-state index in [1.54, 1.807) is 0 Å². The summed E-state index contributed by atoms with van der Waals surface area (Å²) in [6.45, 7) is 29.6. The van der Waals surface area contributed by atoms with Crippen molar-refractivity contribution in [1.29, 1.82) is 0 Å². The second kappa shape index (κ2) is 22.3. The largest absolute Gasteiger partial charge is 0.310 e. The monoisotopic (exact) mass is 928 g/mol. The van der Waals surface area contributed by atoms with Crippen LogP contribution >= 0.6 is 0 Å². The fraction of sp³-hybridized carbons (Fsp3) is 0.191. The lowest BCUT2D eigenvalue weighted by atomic mass is 9.86. The highest BCUT2D eigenvalue weighted by Gasteiger charge is 2.23. The van der Waals surface area contributed by atoms with Crippen LogP contribution in [0.4, 0.5) is 11.4 Å². The Hall–Kier alpha value is -7.75. The van der Waals surface area contributed by atoms with E-state index < -0.39 is 0 Å². The fourth-order valence-electron chi connectivity index (χ4n) is 10.3. The maximum atomic E-state index is 5.32. The Balaban J connectivity index is 0.00000165. The molecule has 0 spiro atoms. The third kappa shape index (κ3) is 9.88. The zero-order valence-corrected chi connectivity index (χ0v) is 43.2. The first kappa shape index (κ1) is 49.7. The molecule has 4 aliphatic rings. The van der Waals surface area contributed by atoms with Crippen molar-refractivity contribution in [2.45, 2.75) is 81.1 Å². The maximum Gasteiger partial charge on any atom is 0.0711 e. The number of para-hydroxylation sites is 1. The van der Waals surface area contributed by atoms with Gasteiger partial charge < -0.3 is 9.47 Å². The van der Waals surface area contributed by atoms with Crippen LogP contribution in [0.1, 0.15) is 101 Å². The van der Waals surface area contributed by atoms with Crippen molar-refractivity contribution >= 4 is 51.3 Å². The summed E-state index contributed by atoms with van der Waals surface area (Å²) >= 11 is 0. The van der Waals surface area contributed by atoms with Crippen LogP contribution in [0.5, 0.6) is 0 Å². The Morgan fingerprint density at radius 3 is 2.34 bits per heavy atom. The number of allylic oxidation sites excluding steroid dienone is 13. The van der Waals surface area contributed by atoms with Crippen molar-refractivity contribution in [1.82, 2.24) is 4.57 Å². The van der Waals surface area contributed by atoms with Crippen LogP contribution in [0, 0.1) is 12.8 Å². The molecule has 0 bridgehead atoms. The second-order valence-corrected chi connectivity index (χ2v) is 18.2. The number of aryl methyl sites for hydroxylation is 2. The third-order valence-electron chi connectivity index (χ3n) is 13.9. The van der Waals surface area contributed by atoms with Gasteiger partial charge in [0.15, 0.2) is 0 Å². The summed E-state index contributed by atoms with van der Waals surface area (Å²) < 4.78 is 2.46. The summed E-state index contributed by atoms with van der Waals surface area (Å²) in [6.07, 6.45) is 32.8. The van der Waals surface area contributed by atoms with Crippen molar-refractivity contribution in [3.05, 3.63) is 256 Å². The summed E-state index contributed by atoms with van der Waals surface area (Å²) in [5.41, 5.74) is 21.6. The molecule has 0 amide bonds. The predicted molar refractivity (Wildman–Crippen MR) is 311 cm³/mol. The highest BCUT2D eigenvalue weighted by atomic mass is 15.2. The molecule has 0 aliphatic heterocycles. The molecular formula is C68H69N3. The van der Waals surface area contributed by atoms with Crippen molar-refractivity contribution < 1.29 is 0 Å². The van der Waals surface area contributed by atoms with Crippen LogP contribution in [0.2, 0.25) is 0 Å². The molecule has 3 heteroatoms. The van der Waals surface area contributed by atoms with Gasteiger partial charge in [0.25, 0.3) is 0 Å². The first-order valence-electron chi connectivity index (χ1n) is 25.6. The minimum absolute atomic E-state index is 0.345. The molecule has 0 fully saturated rings. The lowest BCUT2D eigenvalue weighted by molar-refractivity contribution is 0.854. The number of nitrogens with zero attached hydrogens (tertiary/aromatic N) is 3. The average Bonchev–Trinajstić information content (AvgIpc) is 3.61. The Bertz CT molecular complexity index is 3450. The average molecular weight is 928 g/mol. The molecule has 1 heterocycles. The molecule has 1 atom stereocenters. The number of hydrogen-bond acceptors (Lipinski definition) is 2. The molecule has 0 saturated heterocycles. The number of hydrogen-bond donors (Lipinski definition) is 0. The van der Waals surface area contributed by atoms with Crippen molar-refractivity contribution in [2.24, 2.45) is 10.9 Å². The van der Waals surface area contributed by atoms with E-state index in [4.69, 9.17) is 4.99 Å². The molecule has 10 rings (SSSR count). The standard InChI is InChI=1S/C64H57N3.2C2H6/c1-8-43(4)60(9-2)66(52-24-16-19-42(3)31-35-52)61-36-33-50(39-44(61)5)51-34-37-62-58(41-51)64-57-28-13-11-21-48(57)32-38-63(64)67(62)53-25-17-23-49(40-53)46(7)65-59-30-15-14-26-55(59)45(6)54-29-18-22-47-20-10-12-27-56(47)54;2*1-2/h8-9,11-18,21-31,33-41,48H,1-2,6,10,19-20,32H2,3-5,7H3;2*1-2H3/b60-43+,65-46?;;. The molecule has 1 unspecified atom stereocenters. The Morgan fingerprint density at radius 1 is 0.761 bits per heavy atom. The molecule has 71 heavy (non-hydrogen) atoms. The van der Waals surface area contributed by atoms with Gasteiger partial charge in [0, 0.05) is 50.6 Å². The predicted octanol–water partition coefficient (Wildman–Crippen LogP) is 17.1. The van der Waals surface area contributed by atoms with Crippen LogP contribution in [-0.4, -0.2) is 10.3 Å². The van der Waals surface area contributed by atoms with Gasteiger partial charge in [-0.05, 0) is 170 Å². The second-order valence-electron chi connectivity index (χ2n) is 18.2. The van der Waals surface area contributed by atoms with E-state index in [1.807, 2.05) is 39.8 Å². The molecule has 356 valence electrons. The fourth-order valence-corrected chi connectivity index (χ4v) is 10.3. The first-order chi connectivity index (χ1) is 34.7. The number of aromatic nitrogens is 1. The van der Waals surface area contributed by atoms with Gasteiger partial charge in [-0.3, -0.25) is 4.99 Å². The molecule has 0 N–H and O–H groups in total. The molecule has 3 nitrogen and oxygen atoms in total. The maximum absolute atomic E-state index is 5.32. The number of anilines is 1. The summed E-state index contributed by atoms with van der Waals surface area (Å²) in [7, 11) is 0. The van der Waals surface area contributed by atoms with E-state index >= 15 is 0 Å². The van der Waals surface area contributed by atoms with E-state index in [9.17, 15) is 0 Å². The quantitative estimate of drug-likeness (QED) is 0.0937. The molecule has 6 aromatic rings. The van der Waals surface area contributed by atoms with E-state index in [0.717, 1.165) is 82.1 Å². The number of benzene rings is 5. The lowest BCUT2D eigenvalue weighted by Gasteiger charge is -2.30. The number of aliphatic imine (C=N–C) groups is 1. The van der Waals surface area contributed by atoms with Crippen LogP contribution in [0.25, 0.3) is 51.0 Å². The van der Waals surface area contributed by atoms with Gasteiger partial charge in [0.05, 0.1) is 16.6 Å². The van der Waals surface area contributed by atoms with E-state index in [2.05, 4.69) is 227 Å². The van der Waals surface area contributed by atoms with E-state index in [-0.39, 0.29) is 0 Å². The summed E-state index contributed by atoms with van der Waals surface area (Å²) in [4.78, 5) is 7.63. The van der Waals surface area contributed by atoms with Gasteiger partial charge in [0.2, 0.25) is 0 Å². The molecule has 4 aliphatic carbocycles. The van der Waals surface area contributed by atoms with Gasteiger partial charge in [0.1, 0.15) is 0 Å². The van der Waals surface area contributed by atoms with Crippen LogP contribution in [0.3, 0.4) is 0 Å². The molecule has 0 radical (unpaired) electrons.